The van der Waals surface area contributed by atoms with Crippen molar-refractivity contribution in [3.8, 4) is 10.6 Å². The summed E-state index contributed by atoms with van der Waals surface area (Å²) in [5.41, 5.74) is 1.84. The zero-order valence-electron chi connectivity index (χ0n) is 10.4. The molecule has 20 heavy (non-hydrogen) atoms. The summed E-state index contributed by atoms with van der Waals surface area (Å²) in [5, 5.41) is 9.37. The Hall–Kier alpha value is -2.40. The highest BCUT2D eigenvalue weighted by molar-refractivity contribution is 7.18. The van der Waals surface area contributed by atoms with Crippen molar-refractivity contribution in [1.82, 2.24) is 10.2 Å². The van der Waals surface area contributed by atoms with E-state index in [9.17, 15) is 4.39 Å². The molecule has 3 aromatic rings. The molecule has 0 amide bonds. The van der Waals surface area contributed by atoms with Gasteiger partial charge >= 0.3 is 0 Å². The number of halogens is 1. The number of nitrogens with zero attached hydrogens (tertiary/aromatic N) is 3. The summed E-state index contributed by atoms with van der Waals surface area (Å²) in [5.74, 6) is -0.263. The summed E-state index contributed by atoms with van der Waals surface area (Å²) in [4.78, 5) is 4.29. The van der Waals surface area contributed by atoms with Crippen LogP contribution in [0.4, 0.5) is 9.52 Å². The van der Waals surface area contributed by atoms with Crippen molar-refractivity contribution in [1.29, 1.82) is 0 Å². The van der Waals surface area contributed by atoms with E-state index < -0.39 is 0 Å². The number of aromatic nitrogens is 2. The quantitative estimate of drug-likeness (QED) is 0.679. The summed E-state index contributed by atoms with van der Waals surface area (Å²) < 4.78 is 12.9. The van der Waals surface area contributed by atoms with E-state index in [0.717, 1.165) is 16.1 Å². The fourth-order valence-electron chi connectivity index (χ4n) is 1.65. The molecule has 98 valence electrons. The van der Waals surface area contributed by atoms with Crippen LogP contribution in [0.1, 0.15) is 5.56 Å². The summed E-state index contributed by atoms with van der Waals surface area (Å²) in [6.07, 6.45) is 1.74. The molecule has 2 aromatic carbocycles. The topological polar surface area (TPSA) is 38.1 Å². The highest BCUT2D eigenvalue weighted by atomic mass is 32.1. The minimum atomic E-state index is -0.263. The van der Waals surface area contributed by atoms with E-state index in [1.54, 1.807) is 18.3 Å². The number of aliphatic imine (C=N–C) groups is 1. The van der Waals surface area contributed by atoms with Crippen LogP contribution in [-0.2, 0) is 0 Å². The lowest BCUT2D eigenvalue weighted by atomic mass is 10.2. The van der Waals surface area contributed by atoms with E-state index in [2.05, 4.69) is 15.2 Å². The van der Waals surface area contributed by atoms with Crippen LogP contribution in [0, 0.1) is 5.82 Å². The molecule has 0 fully saturated rings. The van der Waals surface area contributed by atoms with Crippen molar-refractivity contribution in [2.75, 3.05) is 0 Å². The molecule has 0 saturated heterocycles. The highest BCUT2D eigenvalue weighted by Crippen LogP contribution is 2.27. The van der Waals surface area contributed by atoms with Gasteiger partial charge in [0.05, 0.1) is 0 Å². The molecule has 3 rings (SSSR count). The third kappa shape index (κ3) is 2.95. The summed E-state index contributed by atoms with van der Waals surface area (Å²) in [6, 6.07) is 16.0. The molecule has 0 unspecified atom stereocenters. The highest BCUT2D eigenvalue weighted by Gasteiger charge is 2.05. The molecule has 0 spiro atoms. The van der Waals surface area contributed by atoms with Crippen LogP contribution >= 0.6 is 11.3 Å². The molecule has 1 heterocycles. The molecule has 0 saturated carbocycles. The second-order valence-electron chi connectivity index (χ2n) is 4.07. The Morgan fingerprint density at radius 1 is 0.950 bits per heavy atom. The molecule has 0 radical (unpaired) electrons. The lowest BCUT2D eigenvalue weighted by Crippen LogP contribution is -1.78. The molecule has 0 aliphatic carbocycles. The number of benzene rings is 2. The number of rotatable bonds is 3. The SMILES string of the molecule is Fc1ccc(-c2nnc(/N=C/c3ccccc3)s2)cc1. The molecule has 0 aliphatic heterocycles. The first kappa shape index (κ1) is 12.6. The van der Waals surface area contributed by atoms with Crippen molar-refractivity contribution >= 4 is 22.7 Å². The minimum Gasteiger partial charge on any atom is -0.226 e. The van der Waals surface area contributed by atoms with E-state index in [-0.39, 0.29) is 5.82 Å². The zero-order chi connectivity index (χ0) is 13.8. The van der Waals surface area contributed by atoms with Crippen molar-refractivity contribution in [3.63, 3.8) is 0 Å². The van der Waals surface area contributed by atoms with E-state index in [0.29, 0.717) is 5.13 Å². The average Bonchev–Trinajstić information content (AvgIpc) is 2.96. The van der Waals surface area contributed by atoms with Crippen LogP contribution in [0.25, 0.3) is 10.6 Å². The molecular weight excluding hydrogens is 273 g/mol. The van der Waals surface area contributed by atoms with Crippen molar-refractivity contribution in [2.24, 2.45) is 4.99 Å². The first-order chi connectivity index (χ1) is 9.81. The Balaban J connectivity index is 1.80. The van der Waals surface area contributed by atoms with Gasteiger partial charge in [0.25, 0.3) is 0 Å². The maximum atomic E-state index is 12.9. The molecule has 0 N–H and O–H groups in total. The predicted octanol–water partition coefficient (Wildman–Crippen LogP) is 4.09. The fraction of sp³-hybridized carbons (Fsp3) is 0. The fourth-order valence-corrected chi connectivity index (χ4v) is 2.34. The summed E-state index contributed by atoms with van der Waals surface area (Å²) in [6.45, 7) is 0. The van der Waals surface area contributed by atoms with Crippen LogP contribution in [0.5, 0.6) is 0 Å². The maximum Gasteiger partial charge on any atom is 0.231 e. The van der Waals surface area contributed by atoms with Gasteiger partial charge in [0, 0.05) is 11.8 Å². The van der Waals surface area contributed by atoms with E-state index in [1.165, 1.54) is 23.5 Å². The summed E-state index contributed by atoms with van der Waals surface area (Å²) in [7, 11) is 0. The van der Waals surface area contributed by atoms with E-state index >= 15 is 0 Å². The van der Waals surface area contributed by atoms with E-state index in [1.807, 2.05) is 30.3 Å². The number of hydrogen-bond donors (Lipinski definition) is 0. The Morgan fingerprint density at radius 2 is 1.70 bits per heavy atom. The largest absolute Gasteiger partial charge is 0.231 e. The van der Waals surface area contributed by atoms with Gasteiger partial charge in [-0.05, 0) is 29.8 Å². The van der Waals surface area contributed by atoms with Crippen LogP contribution < -0.4 is 0 Å². The Morgan fingerprint density at radius 3 is 2.45 bits per heavy atom. The van der Waals surface area contributed by atoms with Gasteiger partial charge in [-0.3, -0.25) is 0 Å². The van der Waals surface area contributed by atoms with Crippen molar-refractivity contribution < 1.29 is 4.39 Å². The van der Waals surface area contributed by atoms with Crippen molar-refractivity contribution in [2.45, 2.75) is 0 Å². The van der Waals surface area contributed by atoms with Gasteiger partial charge in [0.1, 0.15) is 10.8 Å². The van der Waals surface area contributed by atoms with Gasteiger partial charge in [-0.2, -0.15) is 0 Å². The monoisotopic (exact) mass is 283 g/mol. The van der Waals surface area contributed by atoms with Gasteiger partial charge in [-0.15, -0.1) is 10.2 Å². The van der Waals surface area contributed by atoms with Gasteiger partial charge in [0.15, 0.2) is 0 Å². The standard InChI is InChI=1S/C15H10FN3S/c16-13-8-6-12(7-9-13)14-18-19-15(20-14)17-10-11-4-2-1-3-5-11/h1-10H/b17-10+. The second kappa shape index (κ2) is 5.71. The normalized spacial score (nSPS) is 11.1. The third-order valence-corrected chi connectivity index (χ3v) is 3.51. The maximum absolute atomic E-state index is 12.9. The molecule has 0 atom stereocenters. The van der Waals surface area contributed by atoms with Crippen LogP contribution in [0.3, 0.4) is 0 Å². The first-order valence-corrected chi connectivity index (χ1v) is 6.81. The number of hydrogen-bond acceptors (Lipinski definition) is 4. The minimum absolute atomic E-state index is 0.263. The molecule has 5 heteroatoms. The molecule has 3 nitrogen and oxygen atoms in total. The third-order valence-electron chi connectivity index (χ3n) is 2.63. The molecule has 0 bridgehead atoms. The summed E-state index contributed by atoms with van der Waals surface area (Å²) >= 11 is 1.37. The Bertz CT molecular complexity index is 720. The molecule has 1 aromatic heterocycles. The molecule has 0 aliphatic rings. The Labute approximate surface area is 119 Å². The Kier molecular flexibility index (Phi) is 3.60. The van der Waals surface area contributed by atoms with Gasteiger partial charge in [-0.25, -0.2) is 9.38 Å². The zero-order valence-corrected chi connectivity index (χ0v) is 11.2. The van der Waals surface area contributed by atoms with Crippen molar-refractivity contribution in [3.05, 3.63) is 66.0 Å². The lowest BCUT2D eigenvalue weighted by molar-refractivity contribution is 0.628. The van der Waals surface area contributed by atoms with E-state index in [4.69, 9.17) is 0 Å². The van der Waals surface area contributed by atoms with Gasteiger partial charge in [0.2, 0.25) is 5.13 Å². The lowest BCUT2D eigenvalue weighted by Gasteiger charge is -1.93. The molecular formula is C15H10FN3S. The van der Waals surface area contributed by atoms with Crippen LogP contribution in [-0.4, -0.2) is 16.4 Å². The second-order valence-corrected chi connectivity index (χ2v) is 5.02. The predicted molar refractivity (Wildman–Crippen MR) is 79.0 cm³/mol. The average molecular weight is 283 g/mol. The van der Waals surface area contributed by atoms with Crippen LogP contribution in [0.2, 0.25) is 0 Å². The smallest absolute Gasteiger partial charge is 0.226 e. The van der Waals surface area contributed by atoms with Gasteiger partial charge in [-0.1, -0.05) is 41.7 Å². The first-order valence-electron chi connectivity index (χ1n) is 6.00. The van der Waals surface area contributed by atoms with Gasteiger partial charge < -0.3 is 0 Å². The van der Waals surface area contributed by atoms with Crippen LogP contribution in [0.15, 0.2) is 59.6 Å².